The Bertz CT molecular complexity index is 1140. The fourth-order valence-corrected chi connectivity index (χ4v) is 5.21. The van der Waals surface area contributed by atoms with E-state index in [-0.39, 0.29) is 31.5 Å². The number of allylic oxidation sites excluding steroid dienone is 1. The summed E-state index contributed by atoms with van der Waals surface area (Å²) in [5, 5.41) is 49.9. The number of hydrogen-bond donors (Lipinski definition) is 5. The Labute approximate surface area is 200 Å². The van der Waals surface area contributed by atoms with Gasteiger partial charge in [0, 0.05) is 16.9 Å². The number of fused-ring (bicyclic) bond motifs is 3. The van der Waals surface area contributed by atoms with Crippen LogP contribution < -0.4 is 0 Å². The lowest BCUT2D eigenvalue weighted by Gasteiger charge is -2.48. The first-order chi connectivity index (χ1) is 16.5. The van der Waals surface area contributed by atoms with Gasteiger partial charge in [-0.2, -0.15) is 0 Å². The number of phenols is 1. The summed E-state index contributed by atoms with van der Waals surface area (Å²) in [7, 11) is 0. The quantitative estimate of drug-likeness (QED) is 0.405. The van der Waals surface area contributed by atoms with E-state index in [1.54, 1.807) is 30.4 Å². The summed E-state index contributed by atoms with van der Waals surface area (Å²) in [6.07, 6.45) is 14.3. The van der Waals surface area contributed by atoms with Gasteiger partial charge in [0.25, 0.3) is 0 Å². The van der Waals surface area contributed by atoms with Crippen LogP contribution in [-0.2, 0) is 6.42 Å². The molecule has 5 nitrogen and oxygen atoms in total. The summed E-state index contributed by atoms with van der Waals surface area (Å²) >= 11 is 0. The molecule has 0 saturated heterocycles. The van der Waals surface area contributed by atoms with Crippen molar-refractivity contribution >= 4 is 18.2 Å². The molecule has 0 saturated carbocycles. The van der Waals surface area contributed by atoms with Crippen LogP contribution in [-0.4, -0.2) is 51.5 Å². The van der Waals surface area contributed by atoms with Crippen LogP contribution in [0.3, 0.4) is 0 Å². The molecule has 178 valence electrons. The van der Waals surface area contributed by atoms with E-state index in [0.717, 1.165) is 27.8 Å². The summed E-state index contributed by atoms with van der Waals surface area (Å²) < 4.78 is 0. The van der Waals surface area contributed by atoms with E-state index in [9.17, 15) is 15.3 Å². The van der Waals surface area contributed by atoms with E-state index in [1.807, 2.05) is 36.4 Å². The second kappa shape index (κ2) is 10.5. The Balaban J connectivity index is 1.79. The van der Waals surface area contributed by atoms with E-state index in [2.05, 4.69) is 12.1 Å². The highest BCUT2D eigenvalue weighted by Crippen LogP contribution is 2.54. The number of rotatable bonds is 7. The first kappa shape index (κ1) is 24.2. The Morgan fingerprint density at radius 3 is 2.32 bits per heavy atom. The van der Waals surface area contributed by atoms with Crippen molar-refractivity contribution in [2.45, 2.75) is 31.3 Å². The molecule has 2 aromatic rings. The zero-order chi connectivity index (χ0) is 24.1. The Morgan fingerprint density at radius 1 is 0.912 bits per heavy atom. The van der Waals surface area contributed by atoms with Crippen molar-refractivity contribution in [2.75, 3.05) is 19.8 Å². The second-order valence-corrected chi connectivity index (χ2v) is 9.07. The number of aliphatic hydroxyl groups excluding tert-OH is 4. The van der Waals surface area contributed by atoms with Crippen LogP contribution >= 0.6 is 0 Å². The molecule has 2 aromatic carbocycles. The Hall–Kier alpha value is -2.96. The zero-order valence-corrected chi connectivity index (χ0v) is 19.1. The number of benzene rings is 2. The lowest BCUT2D eigenvalue weighted by molar-refractivity contribution is 0.0292. The third-order valence-electron chi connectivity index (χ3n) is 7.06. The highest BCUT2D eigenvalue weighted by molar-refractivity contribution is 5.64. The average molecular weight is 461 g/mol. The van der Waals surface area contributed by atoms with Crippen molar-refractivity contribution in [3.63, 3.8) is 0 Å². The van der Waals surface area contributed by atoms with Gasteiger partial charge in [-0.3, -0.25) is 0 Å². The van der Waals surface area contributed by atoms with Gasteiger partial charge in [-0.05, 0) is 59.2 Å². The van der Waals surface area contributed by atoms with Crippen LogP contribution in [0.2, 0.25) is 0 Å². The zero-order valence-electron chi connectivity index (χ0n) is 19.1. The van der Waals surface area contributed by atoms with Gasteiger partial charge in [-0.1, -0.05) is 66.8 Å². The van der Waals surface area contributed by atoms with Gasteiger partial charge in [0.15, 0.2) is 0 Å². The molecule has 0 aromatic heterocycles. The summed E-state index contributed by atoms with van der Waals surface area (Å²) in [6.45, 7) is -0.0974. The molecule has 5 heteroatoms. The standard InChI is InChI=1S/C29H32O5/c30-13-1-3-20-6-8-27(33)24(15-20)10-12-29-11-9-22(19-32)17-26(29)25-16-21(4-2-14-31)5-7-23(25)18-28(29)34/h1-8,10,12,15-17,26,28,30-34H,9,11,13-14,18-19H2/b3-1+,4-2+,12-10+/t26-,28+,29+/m0/s1. The van der Waals surface area contributed by atoms with Crippen LogP contribution in [0.15, 0.2) is 66.3 Å². The normalized spacial score (nSPS) is 24.5. The van der Waals surface area contributed by atoms with Gasteiger partial charge in [0.1, 0.15) is 5.75 Å². The highest BCUT2D eigenvalue weighted by Gasteiger charge is 2.48. The molecule has 3 atom stereocenters. The van der Waals surface area contributed by atoms with Crippen molar-refractivity contribution < 1.29 is 25.5 Å². The smallest absolute Gasteiger partial charge is 0.122 e. The van der Waals surface area contributed by atoms with Gasteiger partial charge in [0.05, 0.1) is 25.9 Å². The van der Waals surface area contributed by atoms with Crippen LogP contribution in [0.5, 0.6) is 5.75 Å². The molecular weight excluding hydrogens is 428 g/mol. The Kier molecular flexibility index (Phi) is 7.49. The topological polar surface area (TPSA) is 101 Å². The number of aliphatic hydroxyl groups is 4. The van der Waals surface area contributed by atoms with Gasteiger partial charge < -0.3 is 25.5 Å². The summed E-state index contributed by atoms with van der Waals surface area (Å²) in [4.78, 5) is 0. The molecule has 34 heavy (non-hydrogen) atoms. The van der Waals surface area contributed by atoms with E-state index in [1.165, 1.54) is 0 Å². The third kappa shape index (κ3) is 4.79. The maximum atomic E-state index is 11.4. The highest BCUT2D eigenvalue weighted by atomic mass is 16.3. The largest absolute Gasteiger partial charge is 0.507 e. The van der Waals surface area contributed by atoms with E-state index in [0.29, 0.717) is 24.8 Å². The second-order valence-electron chi connectivity index (χ2n) is 9.07. The number of phenolic OH excluding ortho intramolecular Hbond substituents is 1. The van der Waals surface area contributed by atoms with E-state index in [4.69, 9.17) is 10.2 Å². The predicted octanol–water partition coefficient (Wildman–Crippen LogP) is 3.82. The van der Waals surface area contributed by atoms with Gasteiger partial charge in [-0.25, -0.2) is 0 Å². The van der Waals surface area contributed by atoms with Crippen molar-refractivity contribution in [2.24, 2.45) is 5.41 Å². The molecule has 0 amide bonds. The molecule has 0 aliphatic heterocycles. The molecular formula is C29H32O5. The molecule has 0 radical (unpaired) electrons. The van der Waals surface area contributed by atoms with Gasteiger partial charge in [0.2, 0.25) is 0 Å². The minimum absolute atomic E-state index is 0.00808. The van der Waals surface area contributed by atoms with Crippen molar-refractivity contribution in [3.8, 4) is 5.75 Å². The lowest BCUT2D eigenvalue weighted by atomic mass is 9.57. The molecule has 0 fully saturated rings. The minimum Gasteiger partial charge on any atom is -0.507 e. The predicted molar refractivity (Wildman–Crippen MR) is 135 cm³/mol. The first-order valence-electron chi connectivity index (χ1n) is 11.7. The number of hydrogen-bond acceptors (Lipinski definition) is 5. The maximum Gasteiger partial charge on any atom is 0.122 e. The third-order valence-corrected chi connectivity index (χ3v) is 7.06. The SMILES string of the molecule is OC/C=C/c1ccc(O)c(/C=C/[C@]23CCC(CO)=C[C@H]2c2cc(/C=C/CO)ccc2C[C@H]3O)c1. The van der Waals surface area contributed by atoms with Crippen molar-refractivity contribution in [3.05, 3.63) is 94.1 Å². The average Bonchev–Trinajstić information content (AvgIpc) is 2.86. The molecule has 4 rings (SSSR count). The molecule has 0 heterocycles. The molecule has 2 aliphatic rings. The van der Waals surface area contributed by atoms with Crippen LogP contribution in [0, 0.1) is 5.41 Å². The number of aromatic hydroxyl groups is 1. The molecule has 0 unspecified atom stereocenters. The van der Waals surface area contributed by atoms with Crippen LogP contribution in [0.1, 0.15) is 46.6 Å². The molecule has 2 aliphatic carbocycles. The summed E-state index contributed by atoms with van der Waals surface area (Å²) in [5.41, 5.74) is 5.07. The van der Waals surface area contributed by atoms with Crippen LogP contribution in [0.25, 0.3) is 18.2 Å². The van der Waals surface area contributed by atoms with E-state index < -0.39 is 11.5 Å². The maximum absolute atomic E-state index is 11.4. The fourth-order valence-electron chi connectivity index (χ4n) is 5.21. The molecule has 0 spiro atoms. The van der Waals surface area contributed by atoms with Crippen molar-refractivity contribution in [1.82, 2.24) is 0 Å². The minimum atomic E-state index is -0.615. The van der Waals surface area contributed by atoms with Crippen molar-refractivity contribution in [1.29, 1.82) is 0 Å². The van der Waals surface area contributed by atoms with Gasteiger partial charge >= 0.3 is 0 Å². The van der Waals surface area contributed by atoms with E-state index >= 15 is 0 Å². The van der Waals surface area contributed by atoms with Crippen LogP contribution in [0.4, 0.5) is 0 Å². The monoisotopic (exact) mass is 460 g/mol. The molecule has 5 N–H and O–H groups in total. The fraction of sp³-hybridized carbons (Fsp3) is 0.310. The summed E-state index contributed by atoms with van der Waals surface area (Å²) in [6, 6.07) is 11.4. The lowest BCUT2D eigenvalue weighted by Crippen LogP contribution is -2.45. The summed E-state index contributed by atoms with van der Waals surface area (Å²) in [5.74, 6) is 0.0235. The van der Waals surface area contributed by atoms with Gasteiger partial charge in [-0.15, -0.1) is 0 Å². The first-order valence-corrected chi connectivity index (χ1v) is 11.7. The Morgan fingerprint density at radius 2 is 1.62 bits per heavy atom. The molecule has 0 bridgehead atoms.